The minimum absolute atomic E-state index is 0.323. The molecule has 26 heavy (non-hydrogen) atoms. The van der Waals surface area contributed by atoms with Crippen LogP contribution in [0.2, 0.25) is 0 Å². The fraction of sp³-hybridized carbons (Fsp3) is 0.227. The highest BCUT2D eigenvalue weighted by Crippen LogP contribution is 2.35. The van der Waals surface area contributed by atoms with Crippen LogP contribution in [0.5, 0.6) is 5.75 Å². The quantitative estimate of drug-likeness (QED) is 0.790. The fourth-order valence-corrected chi connectivity index (χ4v) is 3.93. The smallest absolute Gasteiger partial charge is 0.239 e. The van der Waals surface area contributed by atoms with Crippen LogP contribution in [0.15, 0.2) is 54.6 Å². The number of carbonyl (C=O) groups excluding carboxylic acids is 1. The first-order valence-corrected chi connectivity index (χ1v) is 8.76. The zero-order valence-corrected chi connectivity index (χ0v) is 14.7. The van der Waals surface area contributed by atoms with E-state index in [1.54, 1.807) is 7.11 Å². The summed E-state index contributed by atoms with van der Waals surface area (Å²) in [5.41, 5.74) is 9.01. The van der Waals surface area contributed by atoms with E-state index < -0.39 is 6.04 Å². The second kappa shape index (κ2) is 6.81. The van der Waals surface area contributed by atoms with Crippen molar-refractivity contribution < 1.29 is 9.53 Å². The summed E-state index contributed by atoms with van der Waals surface area (Å²) in [4.78, 5) is 14.4. The normalized spacial score (nSPS) is 17.0. The zero-order valence-electron chi connectivity index (χ0n) is 14.7. The molecule has 0 aromatic heterocycles. The van der Waals surface area contributed by atoms with Crippen molar-refractivity contribution in [2.75, 3.05) is 13.7 Å². The minimum atomic E-state index is -0.433. The van der Waals surface area contributed by atoms with Crippen LogP contribution in [-0.4, -0.2) is 24.5 Å². The first kappa shape index (κ1) is 16.6. The molecular formula is C22H21N2O2. The van der Waals surface area contributed by atoms with Gasteiger partial charge in [0, 0.05) is 18.7 Å². The van der Waals surface area contributed by atoms with Gasteiger partial charge in [-0.05, 0) is 40.5 Å². The summed E-state index contributed by atoms with van der Waals surface area (Å²) < 4.78 is 5.61. The number of methoxy groups -OCH3 is 1. The van der Waals surface area contributed by atoms with Gasteiger partial charge in [0.15, 0.2) is 0 Å². The summed E-state index contributed by atoms with van der Waals surface area (Å²) in [6, 6.07) is 20.7. The first-order valence-electron chi connectivity index (χ1n) is 8.76. The molecule has 1 aliphatic rings. The van der Waals surface area contributed by atoms with Gasteiger partial charge in [-0.25, -0.2) is 0 Å². The van der Waals surface area contributed by atoms with E-state index in [0.717, 1.165) is 46.2 Å². The number of hydrogen-bond acceptors (Lipinski definition) is 3. The van der Waals surface area contributed by atoms with E-state index in [2.05, 4.69) is 29.2 Å². The van der Waals surface area contributed by atoms with Gasteiger partial charge in [-0.3, -0.25) is 9.69 Å². The number of fused-ring (bicyclic) bond motifs is 2. The Hall–Kier alpha value is -2.85. The maximum absolute atomic E-state index is 12.3. The molecule has 0 saturated carbocycles. The Bertz CT molecular complexity index is 967. The predicted octanol–water partition coefficient (Wildman–Crippen LogP) is 3.23. The van der Waals surface area contributed by atoms with Crippen LogP contribution in [0.1, 0.15) is 22.7 Å². The van der Waals surface area contributed by atoms with E-state index in [1.165, 1.54) is 0 Å². The molecule has 2 N–H and O–H groups in total. The SMILES string of the molecule is COc1ccc2ccccc2c1CN1CCc2c[c]ccc2C1C(N)=O. The van der Waals surface area contributed by atoms with E-state index in [1.807, 2.05) is 36.4 Å². The number of carbonyl (C=O) groups is 1. The summed E-state index contributed by atoms with van der Waals surface area (Å²) in [5.74, 6) is 0.510. The number of amides is 1. The van der Waals surface area contributed by atoms with Crippen molar-refractivity contribution in [3.8, 4) is 5.75 Å². The van der Waals surface area contributed by atoms with Crippen LogP contribution in [0.3, 0.4) is 0 Å². The fourth-order valence-electron chi connectivity index (χ4n) is 3.93. The van der Waals surface area contributed by atoms with Crippen molar-refractivity contribution in [1.29, 1.82) is 0 Å². The van der Waals surface area contributed by atoms with Gasteiger partial charge < -0.3 is 10.5 Å². The molecule has 3 aromatic carbocycles. The van der Waals surface area contributed by atoms with Gasteiger partial charge in [-0.2, -0.15) is 0 Å². The van der Waals surface area contributed by atoms with Crippen molar-refractivity contribution in [2.45, 2.75) is 19.0 Å². The van der Waals surface area contributed by atoms with Gasteiger partial charge in [-0.1, -0.05) is 48.5 Å². The molecule has 1 aliphatic heterocycles. The number of hydrogen-bond donors (Lipinski definition) is 1. The molecule has 4 nitrogen and oxygen atoms in total. The van der Waals surface area contributed by atoms with Crippen LogP contribution in [-0.2, 0) is 17.8 Å². The van der Waals surface area contributed by atoms with E-state index in [-0.39, 0.29) is 5.91 Å². The average molecular weight is 345 g/mol. The summed E-state index contributed by atoms with van der Waals surface area (Å²) in [7, 11) is 1.68. The third-order valence-corrected chi connectivity index (χ3v) is 5.16. The van der Waals surface area contributed by atoms with Gasteiger partial charge in [-0.15, -0.1) is 0 Å². The Balaban J connectivity index is 1.78. The lowest BCUT2D eigenvalue weighted by atomic mass is 9.91. The second-order valence-corrected chi connectivity index (χ2v) is 6.62. The molecular weight excluding hydrogens is 324 g/mol. The van der Waals surface area contributed by atoms with Gasteiger partial charge in [0.05, 0.1) is 7.11 Å². The largest absolute Gasteiger partial charge is 0.496 e. The van der Waals surface area contributed by atoms with Crippen molar-refractivity contribution in [2.24, 2.45) is 5.73 Å². The highest BCUT2D eigenvalue weighted by atomic mass is 16.5. The third kappa shape index (κ3) is 2.82. The van der Waals surface area contributed by atoms with Crippen LogP contribution in [0.4, 0.5) is 0 Å². The molecule has 0 saturated heterocycles. The number of primary amides is 1. The second-order valence-electron chi connectivity index (χ2n) is 6.62. The molecule has 1 heterocycles. The van der Waals surface area contributed by atoms with Gasteiger partial charge in [0.2, 0.25) is 5.91 Å². The summed E-state index contributed by atoms with van der Waals surface area (Å²) in [5, 5.41) is 2.30. The van der Waals surface area contributed by atoms with E-state index in [0.29, 0.717) is 6.54 Å². The lowest BCUT2D eigenvalue weighted by Crippen LogP contribution is -2.42. The van der Waals surface area contributed by atoms with Crippen LogP contribution in [0, 0.1) is 6.07 Å². The third-order valence-electron chi connectivity index (χ3n) is 5.16. The monoisotopic (exact) mass is 345 g/mol. The minimum Gasteiger partial charge on any atom is -0.496 e. The molecule has 131 valence electrons. The maximum Gasteiger partial charge on any atom is 0.239 e. The Morgan fingerprint density at radius 1 is 1.27 bits per heavy atom. The van der Waals surface area contributed by atoms with E-state index in [9.17, 15) is 4.79 Å². The molecule has 4 heteroatoms. The predicted molar refractivity (Wildman–Crippen MR) is 102 cm³/mol. The topological polar surface area (TPSA) is 55.6 Å². The number of ether oxygens (including phenoxy) is 1. The zero-order chi connectivity index (χ0) is 18.1. The Morgan fingerprint density at radius 2 is 2.12 bits per heavy atom. The molecule has 0 bridgehead atoms. The molecule has 1 unspecified atom stereocenters. The van der Waals surface area contributed by atoms with Gasteiger partial charge in [0.25, 0.3) is 0 Å². The molecule has 1 atom stereocenters. The first-order chi connectivity index (χ1) is 12.7. The number of nitrogens with zero attached hydrogens (tertiary/aromatic N) is 1. The highest BCUT2D eigenvalue weighted by Gasteiger charge is 2.32. The molecule has 3 aromatic rings. The van der Waals surface area contributed by atoms with Crippen molar-refractivity contribution in [1.82, 2.24) is 4.90 Å². The van der Waals surface area contributed by atoms with Crippen molar-refractivity contribution in [3.63, 3.8) is 0 Å². The molecule has 0 fully saturated rings. The van der Waals surface area contributed by atoms with Crippen LogP contribution < -0.4 is 10.5 Å². The van der Waals surface area contributed by atoms with Crippen LogP contribution >= 0.6 is 0 Å². The molecule has 4 rings (SSSR count). The summed E-state index contributed by atoms with van der Waals surface area (Å²) in [6.07, 6.45) is 0.879. The summed E-state index contributed by atoms with van der Waals surface area (Å²) in [6.45, 7) is 1.38. The van der Waals surface area contributed by atoms with E-state index in [4.69, 9.17) is 10.5 Å². The summed E-state index contributed by atoms with van der Waals surface area (Å²) >= 11 is 0. The average Bonchev–Trinajstić information content (AvgIpc) is 2.67. The highest BCUT2D eigenvalue weighted by molar-refractivity contribution is 5.88. The maximum atomic E-state index is 12.3. The number of nitrogens with two attached hydrogens (primary N) is 1. The molecule has 0 spiro atoms. The number of benzene rings is 3. The molecule has 1 amide bonds. The van der Waals surface area contributed by atoms with E-state index >= 15 is 0 Å². The Kier molecular flexibility index (Phi) is 4.35. The number of rotatable bonds is 4. The molecule has 0 aliphatic carbocycles. The standard InChI is InChI=1S/C22H21N2O2/c1-26-20-11-10-15-6-2-4-8-17(15)19(20)14-24-13-12-16-7-3-5-9-18(16)21(24)22(23)25/h2,4-11,21H,12-14H2,1H3,(H2,23,25). The van der Waals surface area contributed by atoms with Crippen molar-refractivity contribution >= 4 is 16.7 Å². The Morgan fingerprint density at radius 3 is 2.92 bits per heavy atom. The Labute approximate surface area is 153 Å². The molecule has 1 radical (unpaired) electrons. The van der Waals surface area contributed by atoms with Gasteiger partial charge in [0.1, 0.15) is 11.8 Å². The van der Waals surface area contributed by atoms with Crippen LogP contribution in [0.25, 0.3) is 10.8 Å². The van der Waals surface area contributed by atoms with Gasteiger partial charge >= 0.3 is 0 Å². The lowest BCUT2D eigenvalue weighted by molar-refractivity contribution is -0.124. The van der Waals surface area contributed by atoms with Crippen molar-refractivity contribution in [3.05, 3.63) is 77.4 Å². The lowest BCUT2D eigenvalue weighted by Gasteiger charge is -2.35.